The van der Waals surface area contributed by atoms with Crippen molar-refractivity contribution >= 4 is 22.7 Å². The molecule has 1 aromatic heterocycles. The monoisotopic (exact) mass is 313 g/mol. The molecule has 0 aliphatic carbocycles. The van der Waals surface area contributed by atoms with Crippen molar-refractivity contribution < 1.29 is 14.3 Å². The van der Waals surface area contributed by atoms with Crippen LogP contribution in [0.4, 0.5) is 0 Å². The average molecular weight is 313 g/mol. The number of nitrogens with one attached hydrogen (secondary N) is 1. The van der Waals surface area contributed by atoms with E-state index in [4.69, 9.17) is 10.5 Å². The van der Waals surface area contributed by atoms with Crippen LogP contribution in [0, 0.1) is 6.92 Å². The normalized spacial score (nSPS) is 16.9. The summed E-state index contributed by atoms with van der Waals surface area (Å²) in [6.07, 6.45) is 2.52. The molecule has 6 nitrogen and oxygen atoms in total. The van der Waals surface area contributed by atoms with Crippen LogP contribution < -0.4 is 11.1 Å². The molecule has 0 radical (unpaired) electrons. The lowest BCUT2D eigenvalue weighted by Gasteiger charge is -2.34. The first-order valence-corrected chi connectivity index (χ1v) is 7.57. The first-order chi connectivity index (χ1) is 11.0. The van der Waals surface area contributed by atoms with Crippen molar-refractivity contribution in [2.45, 2.75) is 25.3 Å². The molecule has 2 heterocycles. The molecule has 2 amide bonds. The number of hydrogen-bond donors (Lipinski definition) is 2. The van der Waals surface area contributed by atoms with Crippen LogP contribution in [0.1, 0.15) is 28.8 Å². The lowest BCUT2D eigenvalue weighted by Crippen LogP contribution is -2.60. The molecule has 0 saturated carbocycles. The van der Waals surface area contributed by atoms with E-state index in [0.29, 0.717) is 31.6 Å². The highest BCUT2D eigenvalue weighted by molar-refractivity contribution is 6.01. The lowest BCUT2D eigenvalue weighted by atomic mass is 9.88. The van der Waals surface area contributed by atoms with Crippen molar-refractivity contribution in [3.8, 4) is 0 Å². The van der Waals surface area contributed by atoms with Gasteiger partial charge in [-0.05, 0) is 36.8 Å². The summed E-state index contributed by atoms with van der Waals surface area (Å²) < 4.78 is 5.27. The number of hydrogen-bond acceptors (Lipinski definition) is 4. The Morgan fingerprint density at radius 1 is 1.26 bits per heavy atom. The van der Waals surface area contributed by atoms with Gasteiger partial charge in [-0.1, -0.05) is 0 Å². The van der Waals surface area contributed by atoms with E-state index in [9.17, 15) is 9.59 Å². The van der Waals surface area contributed by atoms with Gasteiger partial charge in [0.25, 0.3) is 5.91 Å². The fourth-order valence-corrected chi connectivity index (χ4v) is 2.87. The van der Waals surface area contributed by atoms with E-state index in [1.165, 1.54) is 0 Å². The Kier molecular flexibility index (Phi) is 4.00. The molecule has 3 N–H and O–H groups in total. The quantitative estimate of drug-likeness (QED) is 0.893. The van der Waals surface area contributed by atoms with Crippen molar-refractivity contribution in [2.75, 3.05) is 13.2 Å². The zero-order chi connectivity index (χ0) is 16.4. The van der Waals surface area contributed by atoms with Gasteiger partial charge in [0, 0.05) is 43.2 Å². The molecule has 1 saturated heterocycles. The first-order valence-electron chi connectivity index (χ1n) is 7.57. The topological polar surface area (TPSA) is 94.3 Å². The third kappa shape index (κ3) is 2.90. The third-order valence-corrected chi connectivity index (χ3v) is 4.39. The van der Waals surface area contributed by atoms with Crippen LogP contribution in [0.2, 0.25) is 0 Å². The molecule has 2 aromatic rings. The summed E-state index contributed by atoms with van der Waals surface area (Å²) in [5.41, 5.74) is 6.85. The Bertz CT molecular complexity index is 767. The number of aromatic nitrogens is 1. The highest BCUT2D eigenvalue weighted by Gasteiger charge is 2.40. The van der Waals surface area contributed by atoms with Crippen LogP contribution in [-0.2, 0) is 9.53 Å². The number of carbonyl (C=O) groups excluding carboxylic acids is 2. The minimum Gasteiger partial charge on any atom is -0.381 e. The SMILES string of the molecule is Cc1ccnc2ccc(C(=O)NC3(C(N)=O)CCOCC3)cc12. The van der Waals surface area contributed by atoms with E-state index in [-0.39, 0.29) is 5.91 Å². The molecular formula is C17H19N3O3. The Hall–Kier alpha value is -2.47. The van der Waals surface area contributed by atoms with Gasteiger partial charge in [0.1, 0.15) is 5.54 Å². The van der Waals surface area contributed by atoms with Crippen LogP contribution in [0.25, 0.3) is 10.9 Å². The number of aryl methyl sites for hydroxylation is 1. The Labute approximate surface area is 134 Å². The van der Waals surface area contributed by atoms with Gasteiger partial charge in [0.15, 0.2) is 0 Å². The van der Waals surface area contributed by atoms with E-state index >= 15 is 0 Å². The number of primary amides is 1. The van der Waals surface area contributed by atoms with Gasteiger partial charge in [-0.15, -0.1) is 0 Å². The summed E-state index contributed by atoms with van der Waals surface area (Å²) in [6.45, 7) is 2.78. The highest BCUT2D eigenvalue weighted by Crippen LogP contribution is 2.22. The molecule has 0 atom stereocenters. The maximum absolute atomic E-state index is 12.6. The average Bonchev–Trinajstić information content (AvgIpc) is 2.55. The molecule has 120 valence electrons. The van der Waals surface area contributed by atoms with E-state index in [0.717, 1.165) is 16.5 Å². The predicted octanol–water partition coefficient (Wildman–Crippen LogP) is 1.31. The molecule has 1 aliphatic rings. The molecule has 0 spiro atoms. The van der Waals surface area contributed by atoms with Crippen LogP contribution in [0.3, 0.4) is 0 Å². The van der Waals surface area contributed by atoms with Crippen molar-refractivity contribution in [2.24, 2.45) is 5.73 Å². The van der Waals surface area contributed by atoms with E-state index in [1.54, 1.807) is 24.4 Å². The largest absolute Gasteiger partial charge is 0.381 e. The molecule has 0 bridgehead atoms. The minimum atomic E-state index is -1.03. The highest BCUT2D eigenvalue weighted by atomic mass is 16.5. The van der Waals surface area contributed by atoms with Crippen LogP contribution >= 0.6 is 0 Å². The summed E-state index contributed by atoms with van der Waals surface area (Å²) >= 11 is 0. The molecule has 0 unspecified atom stereocenters. The zero-order valence-corrected chi connectivity index (χ0v) is 13.0. The lowest BCUT2D eigenvalue weighted by molar-refractivity contribution is -0.127. The van der Waals surface area contributed by atoms with Crippen LogP contribution in [0.15, 0.2) is 30.5 Å². The summed E-state index contributed by atoms with van der Waals surface area (Å²) in [5, 5.41) is 3.74. The Morgan fingerprint density at radius 3 is 2.70 bits per heavy atom. The van der Waals surface area contributed by atoms with Gasteiger partial charge >= 0.3 is 0 Å². The van der Waals surface area contributed by atoms with Crippen molar-refractivity contribution in [3.63, 3.8) is 0 Å². The van der Waals surface area contributed by atoms with Gasteiger partial charge in [0.05, 0.1) is 5.52 Å². The maximum Gasteiger partial charge on any atom is 0.252 e. The number of carbonyl (C=O) groups is 2. The first kappa shape index (κ1) is 15.4. The minimum absolute atomic E-state index is 0.309. The van der Waals surface area contributed by atoms with Gasteiger partial charge in [0.2, 0.25) is 5.91 Å². The number of pyridine rings is 1. The molecule has 23 heavy (non-hydrogen) atoms. The Morgan fingerprint density at radius 2 is 2.00 bits per heavy atom. The third-order valence-electron chi connectivity index (χ3n) is 4.39. The van der Waals surface area contributed by atoms with Gasteiger partial charge < -0.3 is 15.8 Å². The number of fused-ring (bicyclic) bond motifs is 1. The summed E-state index contributed by atoms with van der Waals surface area (Å²) in [6, 6.07) is 7.20. The fourth-order valence-electron chi connectivity index (χ4n) is 2.87. The van der Waals surface area contributed by atoms with Gasteiger partial charge in [-0.25, -0.2) is 0 Å². The number of ether oxygens (including phenoxy) is 1. The van der Waals surface area contributed by atoms with Crippen LogP contribution in [-0.4, -0.2) is 35.6 Å². The number of rotatable bonds is 3. The number of nitrogens with zero attached hydrogens (tertiary/aromatic N) is 1. The smallest absolute Gasteiger partial charge is 0.252 e. The van der Waals surface area contributed by atoms with E-state index < -0.39 is 11.4 Å². The fraction of sp³-hybridized carbons (Fsp3) is 0.353. The molecule has 1 aliphatic heterocycles. The number of amides is 2. The van der Waals surface area contributed by atoms with Gasteiger partial charge in [-0.2, -0.15) is 0 Å². The van der Waals surface area contributed by atoms with Crippen molar-refractivity contribution in [1.29, 1.82) is 0 Å². The second-order valence-corrected chi connectivity index (χ2v) is 5.87. The van der Waals surface area contributed by atoms with Gasteiger partial charge in [-0.3, -0.25) is 14.6 Å². The van der Waals surface area contributed by atoms with Crippen LogP contribution in [0.5, 0.6) is 0 Å². The summed E-state index contributed by atoms with van der Waals surface area (Å²) in [5.74, 6) is -0.830. The molecule has 1 aromatic carbocycles. The van der Waals surface area contributed by atoms with Crippen molar-refractivity contribution in [1.82, 2.24) is 10.3 Å². The number of nitrogens with two attached hydrogens (primary N) is 1. The molecular weight excluding hydrogens is 294 g/mol. The second kappa shape index (κ2) is 5.96. The number of benzene rings is 1. The zero-order valence-electron chi connectivity index (χ0n) is 13.0. The maximum atomic E-state index is 12.6. The predicted molar refractivity (Wildman–Crippen MR) is 85.9 cm³/mol. The van der Waals surface area contributed by atoms with Crippen molar-refractivity contribution in [3.05, 3.63) is 41.6 Å². The van der Waals surface area contributed by atoms with E-state index in [1.807, 2.05) is 13.0 Å². The standard InChI is InChI=1S/C17H19N3O3/c1-11-4-7-19-14-3-2-12(10-13(11)14)15(21)20-17(16(18)22)5-8-23-9-6-17/h2-4,7,10H,5-6,8-9H2,1H3,(H2,18,22)(H,20,21). The molecule has 1 fully saturated rings. The summed E-state index contributed by atoms with van der Waals surface area (Å²) in [4.78, 5) is 28.7. The molecule has 6 heteroatoms. The Balaban J connectivity index is 1.90. The van der Waals surface area contributed by atoms with E-state index in [2.05, 4.69) is 10.3 Å². The second-order valence-electron chi connectivity index (χ2n) is 5.87. The molecule has 3 rings (SSSR count). The summed E-state index contributed by atoms with van der Waals surface area (Å²) in [7, 11) is 0.